The Morgan fingerprint density at radius 2 is 2.10 bits per heavy atom. The van der Waals surface area contributed by atoms with E-state index in [1.807, 2.05) is 6.92 Å². The summed E-state index contributed by atoms with van der Waals surface area (Å²) < 4.78 is 40.8. The predicted octanol–water partition coefficient (Wildman–Crippen LogP) is 2.09. The number of halogens is 1. The predicted molar refractivity (Wildman–Crippen MR) is 74.2 cm³/mol. The molecule has 0 amide bonds. The molecule has 2 N–H and O–H groups in total. The highest BCUT2D eigenvalue weighted by Crippen LogP contribution is 2.33. The zero-order valence-corrected chi connectivity index (χ0v) is 12.5. The summed E-state index contributed by atoms with van der Waals surface area (Å²) in [4.78, 5) is 0.00287. The van der Waals surface area contributed by atoms with Gasteiger partial charge in [0.1, 0.15) is 5.82 Å². The van der Waals surface area contributed by atoms with Gasteiger partial charge in [-0.05, 0) is 43.9 Å². The molecule has 0 spiro atoms. The minimum Gasteiger partial charge on any atom is -0.392 e. The molecule has 1 aromatic rings. The van der Waals surface area contributed by atoms with E-state index in [9.17, 15) is 12.8 Å². The minimum absolute atomic E-state index is 0.000205. The first kappa shape index (κ1) is 15.4. The highest BCUT2D eigenvalue weighted by Gasteiger charge is 2.26. The quantitative estimate of drug-likeness (QED) is 0.845. The van der Waals surface area contributed by atoms with Gasteiger partial charge in [-0.1, -0.05) is 12.8 Å². The number of aryl methyl sites for hydroxylation is 1. The second-order valence-electron chi connectivity index (χ2n) is 5.57. The van der Waals surface area contributed by atoms with Gasteiger partial charge in [-0.2, -0.15) is 0 Å². The highest BCUT2D eigenvalue weighted by molar-refractivity contribution is 7.89. The fourth-order valence-corrected chi connectivity index (χ4v) is 3.70. The molecule has 6 heteroatoms. The van der Waals surface area contributed by atoms with E-state index < -0.39 is 22.4 Å². The van der Waals surface area contributed by atoms with Crippen LogP contribution < -0.4 is 4.72 Å². The highest BCUT2D eigenvalue weighted by atomic mass is 32.2. The Kier molecular flexibility index (Phi) is 4.46. The Morgan fingerprint density at radius 3 is 2.65 bits per heavy atom. The van der Waals surface area contributed by atoms with Crippen molar-refractivity contribution in [3.05, 3.63) is 29.1 Å². The molecule has 1 aliphatic rings. The van der Waals surface area contributed by atoms with E-state index in [4.69, 9.17) is 5.11 Å². The molecule has 1 atom stereocenters. The number of aliphatic hydroxyl groups excluding tert-OH is 1. The fourth-order valence-electron chi connectivity index (χ4n) is 2.31. The topological polar surface area (TPSA) is 66.4 Å². The molecule has 0 saturated heterocycles. The van der Waals surface area contributed by atoms with E-state index in [0.717, 1.165) is 19.3 Å². The van der Waals surface area contributed by atoms with Crippen LogP contribution in [0, 0.1) is 18.7 Å². The van der Waals surface area contributed by atoms with Gasteiger partial charge in [-0.25, -0.2) is 17.5 Å². The Labute approximate surface area is 119 Å². The molecule has 0 aliphatic heterocycles. The monoisotopic (exact) mass is 301 g/mol. The average Bonchev–Trinajstić information content (AvgIpc) is 3.15. The molecule has 0 heterocycles. The number of hydrogen-bond acceptors (Lipinski definition) is 3. The summed E-state index contributed by atoms with van der Waals surface area (Å²) in [6.45, 7) is 2.80. The standard InChI is InChI=1S/C14H20FNO3S/c1-9-5-13(7-12(8-17)14(9)15)20(18,19)16-10(2)6-11-3-4-11/h5,7,10-11,16-17H,3-4,6,8H2,1-2H3. The van der Waals surface area contributed by atoms with Gasteiger partial charge < -0.3 is 5.11 Å². The Morgan fingerprint density at radius 1 is 1.45 bits per heavy atom. The number of sulfonamides is 1. The molecule has 0 aromatic heterocycles. The molecule has 0 radical (unpaired) electrons. The first-order valence-corrected chi connectivity index (χ1v) is 8.24. The maximum absolute atomic E-state index is 13.6. The Balaban J connectivity index is 2.21. The lowest BCUT2D eigenvalue weighted by Gasteiger charge is -2.15. The summed E-state index contributed by atoms with van der Waals surface area (Å²) in [5.74, 6) is 0.0631. The van der Waals surface area contributed by atoms with E-state index in [0.29, 0.717) is 5.92 Å². The molecule has 1 aromatic carbocycles. The van der Waals surface area contributed by atoms with Crippen LogP contribution in [0.25, 0.3) is 0 Å². The van der Waals surface area contributed by atoms with Gasteiger partial charge >= 0.3 is 0 Å². The maximum Gasteiger partial charge on any atom is 0.240 e. The molecule has 1 fully saturated rings. The van der Waals surface area contributed by atoms with Crippen LogP contribution in [0.4, 0.5) is 4.39 Å². The molecule has 1 saturated carbocycles. The van der Waals surface area contributed by atoms with Crippen LogP contribution in [0.5, 0.6) is 0 Å². The van der Waals surface area contributed by atoms with Crippen molar-refractivity contribution in [1.82, 2.24) is 4.72 Å². The van der Waals surface area contributed by atoms with E-state index in [1.54, 1.807) is 0 Å². The third-order valence-corrected chi connectivity index (χ3v) is 5.09. The molecule has 2 rings (SSSR count). The van der Waals surface area contributed by atoms with Gasteiger partial charge in [0.2, 0.25) is 10.0 Å². The molecule has 1 unspecified atom stereocenters. The zero-order chi connectivity index (χ0) is 14.9. The molecular weight excluding hydrogens is 281 g/mol. The Bertz CT molecular complexity index is 597. The van der Waals surface area contributed by atoms with Gasteiger partial charge in [0.25, 0.3) is 0 Å². The van der Waals surface area contributed by atoms with Crippen LogP contribution in [0.3, 0.4) is 0 Å². The van der Waals surface area contributed by atoms with Crippen LogP contribution in [0.1, 0.15) is 37.3 Å². The first-order chi connectivity index (χ1) is 9.33. The van der Waals surface area contributed by atoms with Crippen LogP contribution >= 0.6 is 0 Å². The maximum atomic E-state index is 13.6. The fraction of sp³-hybridized carbons (Fsp3) is 0.571. The smallest absolute Gasteiger partial charge is 0.240 e. The van der Waals surface area contributed by atoms with Crippen molar-refractivity contribution in [2.24, 2.45) is 5.92 Å². The van der Waals surface area contributed by atoms with E-state index >= 15 is 0 Å². The van der Waals surface area contributed by atoms with Crippen molar-refractivity contribution in [3.8, 4) is 0 Å². The minimum atomic E-state index is -3.68. The Hall–Kier alpha value is -0.980. The zero-order valence-electron chi connectivity index (χ0n) is 11.7. The first-order valence-electron chi connectivity index (χ1n) is 6.75. The number of benzene rings is 1. The summed E-state index contributed by atoms with van der Waals surface area (Å²) in [5, 5.41) is 9.09. The van der Waals surface area contributed by atoms with Crippen molar-refractivity contribution in [2.45, 2.75) is 50.7 Å². The van der Waals surface area contributed by atoms with Crippen molar-refractivity contribution < 1.29 is 17.9 Å². The summed E-state index contributed by atoms with van der Waals surface area (Å²) in [6, 6.07) is 2.34. The van der Waals surface area contributed by atoms with Crippen molar-refractivity contribution >= 4 is 10.0 Å². The molecule has 112 valence electrons. The van der Waals surface area contributed by atoms with Gasteiger partial charge in [0, 0.05) is 11.6 Å². The van der Waals surface area contributed by atoms with Gasteiger partial charge in [-0.3, -0.25) is 0 Å². The number of rotatable bonds is 6. The van der Waals surface area contributed by atoms with Crippen LogP contribution in [0.2, 0.25) is 0 Å². The van der Waals surface area contributed by atoms with Crippen molar-refractivity contribution in [2.75, 3.05) is 0 Å². The van der Waals surface area contributed by atoms with Crippen molar-refractivity contribution in [3.63, 3.8) is 0 Å². The summed E-state index contributed by atoms with van der Waals surface area (Å²) in [7, 11) is -3.68. The number of aliphatic hydroxyl groups is 1. The SMILES string of the molecule is Cc1cc(S(=O)(=O)NC(C)CC2CC2)cc(CO)c1F. The molecule has 20 heavy (non-hydrogen) atoms. The third kappa shape index (κ3) is 3.56. The van der Waals surface area contributed by atoms with Crippen LogP contribution in [0.15, 0.2) is 17.0 Å². The lowest BCUT2D eigenvalue weighted by molar-refractivity contribution is 0.275. The van der Waals surface area contributed by atoms with Crippen LogP contribution in [-0.2, 0) is 16.6 Å². The van der Waals surface area contributed by atoms with Crippen molar-refractivity contribution in [1.29, 1.82) is 0 Å². The van der Waals surface area contributed by atoms with Gasteiger partial charge in [-0.15, -0.1) is 0 Å². The van der Waals surface area contributed by atoms with Gasteiger partial charge in [0.05, 0.1) is 11.5 Å². The van der Waals surface area contributed by atoms with E-state index in [2.05, 4.69) is 4.72 Å². The van der Waals surface area contributed by atoms with E-state index in [1.165, 1.54) is 19.1 Å². The molecule has 1 aliphatic carbocycles. The van der Waals surface area contributed by atoms with E-state index in [-0.39, 0.29) is 22.1 Å². The lowest BCUT2D eigenvalue weighted by atomic mass is 10.1. The van der Waals surface area contributed by atoms with Crippen LogP contribution in [-0.4, -0.2) is 19.6 Å². The summed E-state index contributed by atoms with van der Waals surface area (Å²) >= 11 is 0. The second-order valence-corrected chi connectivity index (χ2v) is 7.29. The summed E-state index contributed by atoms with van der Waals surface area (Å²) in [6.07, 6.45) is 3.15. The lowest BCUT2D eigenvalue weighted by Crippen LogP contribution is -2.33. The second kappa shape index (κ2) is 5.79. The summed E-state index contributed by atoms with van der Waals surface area (Å²) in [5.41, 5.74) is 0.215. The van der Waals surface area contributed by atoms with Gasteiger partial charge in [0.15, 0.2) is 0 Å². The number of nitrogens with one attached hydrogen (secondary N) is 1. The molecular formula is C14H20FNO3S. The number of hydrogen-bond donors (Lipinski definition) is 2. The third-order valence-electron chi connectivity index (χ3n) is 3.52. The average molecular weight is 301 g/mol. The molecule has 4 nitrogen and oxygen atoms in total. The molecule has 0 bridgehead atoms. The largest absolute Gasteiger partial charge is 0.392 e. The normalized spacial score (nSPS) is 17.2.